The minimum Gasteiger partial charge on any atom is -0.380 e. The molecule has 3 nitrogen and oxygen atoms in total. The Balaban J connectivity index is 1.84. The van der Waals surface area contributed by atoms with E-state index in [1.54, 1.807) is 12.1 Å². The summed E-state index contributed by atoms with van der Waals surface area (Å²) < 4.78 is 19.0. The van der Waals surface area contributed by atoms with Crippen LogP contribution in [0.25, 0.3) is 0 Å². The van der Waals surface area contributed by atoms with Gasteiger partial charge in [0.2, 0.25) is 0 Å². The van der Waals surface area contributed by atoms with Crippen LogP contribution in [0.4, 0.5) is 4.39 Å². The Bertz CT molecular complexity index is 365. The molecule has 0 amide bonds. The second-order valence-electron chi connectivity index (χ2n) is 4.72. The van der Waals surface area contributed by atoms with Gasteiger partial charge in [0, 0.05) is 37.8 Å². The van der Waals surface area contributed by atoms with Gasteiger partial charge in [-0.25, -0.2) is 4.39 Å². The fourth-order valence-electron chi connectivity index (χ4n) is 2.27. The van der Waals surface area contributed by atoms with Gasteiger partial charge in [-0.3, -0.25) is 0 Å². The molecule has 0 radical (unpaired) electrons. The lowest BCUT2D eigenvalue weighted by Gasteiger charge is -2.21. The average Bonchev–Trinajstić information content (AvgIpc) is 2.65. The zero-order valence-electron chi connectivity index (χ0n) is 10.6. The highest BCUT2D eigenvalue weighted by Gasteiger charge is 2.14. The van der Waals surface area contributed by atoms with E-state index >= 15 is 0 Å². The maximum absolute atomic E-state index is 13.6. The van der Waals surface area contributed by atoms with Crippen LogP contribution < -0.4 is 5.73 Å². The number of nitrogens with zero attached hydrogens (tertiary/aromatic N) is 1. The summed E-state index contributed by atoms with van der Waals surface area (Å²) in [6.45, 7) is 4.53. The van der Waals surface area contributed by atoms with E-state index in [0.717, 1.165) is 45.7 Å². The highest BCUT2D eigenvalue weighted by atomic mass is 19.1. The molecule has 0 bridgehead atoms. The van der Waals surface area contributed by atoms with Crippen LogP contribution in [0.5, 0.6) is 0 Å². The van der Waals surface area contributed by atoms with Gasteiger partial charge in [-0.2, -0.15) is 0 Å². The Kier molecular flexibility index (Phi) is 5.11. The molecule has 4 heteroatoms. The zero-order chi connectivity index (χ0) is 12.8. The normalized spacial score (nSPS) is 19.4. The molecule has 100 valence electrons. The Labute approximate surface area is 108 Å². The molecule has 1 aromatic carbocycles. The first-order valence-electron chi connectivity index (χ1n) is 6.57. The summed E-state index contributed by atoms with van der Waals surface area (Å²) in [7, 11) is 0. The molecule has 1 heterocycles. The SMILES string of the molecule is NC(CCN1CCCOCC1)c1ccccc1F. The molecule has 0 aliphatic carbocycles. The fourth-order valence-corrected chi connectivity index (χ4v) is 2.27. The van der Waals surface area contributed by atoms with Crippen molar-refractivity contribution in [3.05, 3.63) is 35.6 Å². The molecule has 1 unspecified atom stereocenters. The summed E-state index contributed by atoms with van der Waals surface area (Å²) in [6, 6.07) is 6.53. The molecule has 1 aromatic rings. The largest absolute Gasteiger partial charge is 0.380 e. The van der Waals surface area contributed by atoms with Crippen LogP contribution in [0.2, 0.25) is 0 Å². The second-order valence-corrected chi connectivity index (χ2v) is 4.72. The first-order valence-corrected chi connectivity index (χ1v) is 6.57. The monoisotopic (exact) mass is 252 g/mol. The zero-order valence-corrected chi connectivity index (χ0v) is 10.6. The van der Waals surface area contributed by atoms with E-state index < -0.39 is 0 Å². The van der Waals surface area contributed by atoms with Crippen molar-refractivity contribution in [3.63, 3.8) is 0 Å². The lowest BCUT2D eigenvalue weighted by molar-refractivity contribution is 0.141. The first-order chi connectivity index (χ1) is 8.77. The first kappa shape index (κ1) is 13.5. The summed E-state index contributed by atoms with van der Waals surface area (Å²) in [5.74, 6) is -0.204. The Morgan fingerprint density at radius 1 is 1.28 bits per heavy atom. The summed E-state index contributed by atoms with van der Waals surface area (Å²) in [4.78, 5) is 2.34. The molecule has 2 rings (SSSR count). The number of nitrogens with two attached hydrogens (primary N) is 1. The smallest absolute Gasteiger partial charge is 0.127 e. The van der Waals surface area contributed by atoms with Gasteiger partial charge in [-0.1, -0.05) is 18.2 Å². The van der Waals surface area contributed by atoms with Crippen molar-refractivity contribution in [3.8, 4) is 0 Å². The molecule has 1 saturated heterocycles. The predicted molar refractivity (Wildman–Crippen MR) is 69.8 cm³/mol. The van der Waals surface area contributed by atoms with Crippen molar-refractivity contribution in [1.29, 1.82) is 0 Å². The maximum Gasteiger partial charge on any atom is 0.127 e. The van der Waals surface area contributed by atoms with E-state index in [9.17, 15) is 4.39 Å². The van der Waals surface area contributed by atoms with Gasteiger partial charge >= 0.3 is 0 Å². The van der Waals surface area contributed by atoms with Crippen LogP contribution in [-0.2, 0) is 4.74 Å². The molecular weight excluding hydrogens is 231 g/mol. The molecule has 0 saturated carbocycles. The third-order valence-corrected chi connectivity index (χ3v) is 3.38. The summed E-state index contributed by atoms with van der Waals surface area (Å²) in [6.07, 6.45) is 1.84. The van der Waals surface area contributed by atoms with E-state index in [0.29, 0.717) is 5.56 Å². The molecule has 2 N–H and O–H groups in total. The average molecular weight is 252 g/mol. The van der Waals surface area contributed by atoms with Gasteiger partial charge < -0.3 is 15.4 Å². The highest BCUT2D eigenvalue weighted by molar-refractivity contribution is 5.20. The van der Waals surface area contributed by atoms with Crippen LogP contribution in [0.1, 0.15) is 24.4 Å². The van der Waals surface area contributed by atoms with Crippen LogP contribution >= 0.6 is 0 Å². The van der Waals surface area contributed by atoms with Gasteiger partial charge in [-0.15, -0.1) is 0 Å². The predicted octanol–water partition coefficient (Wildman–Crippen LogP) is 1.94. The van der Waals surface area contributed by atoms with E-state index in [1.807, 2.05) is 6.07 Å². The fraction of sp³-hybridized carbons (Fsp3) is 0.571. The van der Waals surface area contributed by atoms with Crippen molar-refractivity contribution >= 4 is 0 Å². The van der Waals surface area contributed by atoms with E-state index in [-0.39, 0.29) is 11.9 Å². The summed E-state index contributed by atoms with van der Waals surface area (Å²) >= 11 is 0. The minimum absolute atomic E-state index is 0.204. The number of hydrogen-bond acceptors (Lipinski definition) is 3. The van der Waals surface area contributed by atoms with Gasteiger partial charge in [0.1, 0.15) is 5.82 Å². The van der Waals surface area contributed by atoms with E-state index in [2.05, 4.69) is 4.90 Å². The molecule has 1 fully saturated rings. The molecule has 0 aromatic heterocycles. The van der Waals surface area contributed by atoms with Crippen molar-refractivity contribution in [2.75, 3.05) is 32.8 Å². The number of ether oxygens (including phenoxy) is 1. The van der Waals surface area contributed by atoms with E-state index in [4.69, 9.17) is 10.5 Å². The van der Waals surface area contributed by atoms with Crippen molar-refractivity contribution < 1.29 is 9.13 Å². The van der Waals surface area contributed by atoms with Crippen LogP contribution in [-0.4, -0.2) is 37.7 Å². The number of rotatable bonds is 4. The Hall–Kier alpha value is -0.970. The number of benzene rings is 1. The molecule has 1 aliphatic heterocycles. The van der Waals surface area contributed by atoms with Gasteiger partial charge in [0.05, 0.1) is 6.61 Å². The molecular formula is C14H21FN2O. The lowest BCUT2D eigenvalue weighted by Crippen LogP contribution is -2.29. The molecule has 0 spiro atoms. The third-order valence-electron chi connectivity index (χ3n) is 3.38. The minimum atomic E-state index is -0.227. The van der Waals surface area contributed by atoms with E-state index in [1.165, 1.54) is 6.07 Å². The summed E-state index contributed by atoms with van der Waals surface area (Å²) in [5.41, 5.74) is 6.67. The number of halogens is 1. The van der Waals surface area contributed by atoms with Gasteiger partial charge in [0.25, 0.3) is 0 Å². The van der Waals surface area contributed by atoms with Crippen molar-refractivity contribution in [2.45, 2.75) is 18.9 Å². The van der Waals surface area contributed by atoms with Crippen LogP contribution in [0, 0.1) is 5.82 Å². The van der Waals surface area contributed by atoms with Crippen LogP contribution in [0.15, 0.2) is 24.3 Å². The summed E-state index contributed by atoms with van der Waals surface area (Å²) in [5, 5.41) is 0. The van der Waals surface area contributed by atoms with Crippen molar-refractivity contribution in [2.24, 2.45) is 5.73 Å². The highest BCUT2D eigenvalue weighted by Crippen LogP contribution is 2.18. The lowest BCUT2D eigenvalue weighted by atomic mass is 10.0. The standard InChI is InChI=1S/C14H21FN2O/c15-13-5-2-1-4-12(13)14(16)6-8-17-7-3-10-18-11-9-17/h1-2,4-5,14H,3,6-11,16H2. The topological polar surface area (TPSA) is 38.5 Å². The molecule has 1 atom stereocenters. The van der Waals surface area contributed by atoms with Gasteiger partial charge in [-0.05, 0) is 18.9 Å². The number of hydrogen-bond donors (Lipinski definition) is 1. The maximum atomic E-state index is 13.6. The quantitative estimate of drug-likeness (QED) is 0.890. The second kappa shape index (κ2) is 6.83. The Morgan fingerprint density at radius 2 is 2.11 bits per heavy atom. The Morgan fingerprint density at radius 3 is 2.94 bits per heavy atom. The third kappa shape index (κ3) is 3.77. The van der Waals surface area contributed by atoms with Gasteiger partial charge in [0.15, 0.2) is 0 Å². The molecule has 18 heavy (non-hydrogen) atoms. The molecule has 1 aliphatic rings. The van der Waals surface area contributed by atoms with Crippen LogP contribution in [0.3, 0.4) is 0 Å². The van der Waals surface area contributed by atoms with Crippen molar-refractivity contribution in [1.82, 2.24) is 4.90 Å².